The molecule has 17 heavy (non-hydrogen) atoms. The average molecular weight is 240 g/mol. The van der Waals surface area contributed by atoms with E-state index in [1.807, 2.05) is 0 Å². The lowest BCUT2D eigenvalue weighted by Gasteiger charge is -2.35. The molecule has 0 amide bonds. The maximum atomic E-state index is 5.14. The molecule has 102 valence electrons. The molecule has 2 aliphatic rings. The third kappa shape index (κ3) is 5.90. The summed E-state index contributed by atoms with van der Waals surface area (Å²) >= 11 is 0. The van der Waals surface area contributed by atoms with Gasteiger partial charge in [-0.1, -0.05) is 47.0 Å². The summed E-state index contributed by atoms with van der Waals surface area (Å²) in [5.41, 5.74) is 0.701. The monoisotopic (exact) mass is 240 g/mol. The molecule has 1 heterocycles. The fourth-order valence-electron chi connectivity index (χ4n) is 2.63. The molecule has 1 aliphatic carbocycles. The Labute approximate surface area is 108 Å². The number of ether oxygens (including phenoxy) is 1. The smallest absolute Gasteiger partial charge is 0.0468 e. The van der Waals surface area contributed by atoms with Gasteiger partial charge < -0.3 is 4.74 Å². The fraction of sp³-hybridized carbons (Fsp3) is 1.00. The van der Waals surface area contributed by atoms with Crippen molar-refractivity contribution < 1.29 is 4.74 Å². The Bertz CT molecular complexity index is 186. The Kier molecular flexibility index (Phi) is 6.54. The van der Waals surface area contributed by atoms with Crippen molar-refractivity contribution in [2.24, 2.45) is 17.3 Å². The van der Waals surface area contributed by atoms with E-state index in [9.17, 15) is 0 Å². The van der Waals surface area contributed by atoms with E-state index in [1.54, 1.807) is 0 Å². The van der Waals surface area contributed by atoms with Crippen LogP contribution < -0.4 is 0 Å². The van der Waals surface area contributed by atoms with Crippen molar-refractivity contribution in [1.29, 1.82) is 0 Å². The second-order valence-corrected chi connectivity index (χ2v) is 6.64. The van der Waals surface area contributed by atoms with Gasteiger partial charge in [0.1, 0.15) is 0 Å². The summed E-state index contributed by atoms with van der Waals surface area (Å²) in [6.07, 6.45) is 9.75. The van der Waals surface area contributed by atoms with Gasteiger partial charge in [0.25, 0.3) is 0 Å². The molecular formula is C16H32O. The van der Waals surface area contributed by atoms with Crippen molar-refractivity contribution in [3.8, 4) is 0 Å². The molecule has 2 fully saturated rings. The van der Waals surface area contributed by atoms with Crippen LogP contribution in [0.1, 0.15) is 72.6 Å². The molecule has 1 heteroatoms. The van der Waals surface area contributed by atoms with Crippen molar-refractivity contribution in [2.75, 3.05) is 13.2 Å². The molecule has 0 aromatic heterocycles. The zero-order valence-corrected chi connectivity index (χ0v) is 12.4. The minimum Gasteiger partial charge on any atom is -0.381 e. The molecule has 0 N–H and O–H groups in total. The van der Waals surface area contributed by atoms with E-state index >= 15 is 0 Å². The standard InChI is InChI=1S/C10H20.C6H12O/c1-4-10(3)7-5-9(2)6-8-10;1-6-2-4-7-5-3-6/h9H,4-8H2,1-3H3;6H,2-5H2,1H3. The Morgan fingerprint density at radius 2 is 1.41 bits per heavy atom. The summed E-state index contributed by atoms with van der Waals surface area (Å²) in [5, 5.41) is 0. The van der Waals surface area contributed by atoms with E-state index in [2.05, 4.69) is 27.7 Å². The third-order valence-corrected chi connectivity index (χ3v) is 4.84. The van der Waals surface area contributed by atoms with Crippen LogP contribution in [0.5, 0.6) is 0 Å². The number of hydrogen-bond donors (Lipinski definition) is 0. The Hall–Kier alpha value is -0.0400. The van der Waals surface area contributed by atoms with E-state index in [4.69, 9.17) is 4.74 Å². The van der Waals surface area contributed by atoms with Gasteiger partial charge >= 0.3 is 0 Å². The topological polar surface area (TPSA) is 9.23 Å². The number of rotatable bonds is 1. The van der Waals surface area contributed by atoms with Crippen molar-refractivity contribution in [3.63, 3.8) is 0 Å². The highest BCUT2D eigenvalue weighted by Gasteiger charge is 2.27. The summed E-state index contributed by atoms with van der Waals surface area (Å²) in [6, 6.07) is 0. The lowest BCUT2D eigenvalue weighted by Crippen LogP contribution is -2.22. The molecule has 0 bridgehead atoms. The van der Waals surface area contributed by atoms with Crippen molar-refractivity contribution in [1.82, 2.24) is 0 Å². The molecule has 0 spiro atoms. The van der Waals surface area contributed by atoms with E-state index in [-0.39, 0.29) is 0 Å². The van der Waals surface area contributed by atoms with Crippen molar-refractivity contribution >= 4 is 0 Å². The Balaban J connectivity index is 0.000000181. The highest BCUT2D eigenvalue weighted by Crippen LogP contribution is 2.40. The second-order valence-electron chi connectivity index (χ2n) is 6.64. The number of hydrogen-bond acceptors (Lipinski definition) is 1. The minimum absolute atomic E-state index is 0.701. The molecule has 0 atom stereocenters. The minimum atomic E-state index is 0.701. The normalized spacial score (nSPS) is 34.9. The van der Waals surface area contributed by atoms with Gasteiger partial charge in [-0.25, -0.2) is 0 Å². The van der Waals surface area contributed by atoms with Gasteiger partial charge in [0, 0.05) is 13.2 Å². The highest BCUT2D eigenvalue weighted by molar-refractivity contribution is 4.79. The van der Waals surface area contributed by atoms with E-state index < -0.39 is 0 Å². The van der Waals surface area contributed by atoms with Crippen LogP contribution in [0, 0.1) is 17.3 Å². The van der Waals surface area contributed by atoms with Crippen LogP contribution in [0.3, 0.4) is 0 Å². The molecule has 0 aromatic carbocycles. The van der Waals surface area contributed by atoms with Crippen LogP contribution in [0.2, 0.25) is 0 Å². The zero-order chi connectivity index (χ0) is 12.7. The van der Waals surface area contributed by atoms with Crippen LogP contribution in [-0.4, -0.2) is 13.2 Å². The van der Waals surface area contributed by atoms with Gasteiger partial charge in [0.2, 0.25) is 0 Å². The first-order chi connectivity index (χ1) is 8.06. The van der Waals surface area contributed by atoms with E-state index in [1.165, 1.54) is 44.9 Å². The SMILES string of the molecule is CC1CCOCC1.CCC1(C)CCC(C)CC1. The first-order valence-corrected chi connectivity index (χ1v) is 7.63. The largest absolute Gasteiger partial charge is 0.381 e. The van der Waals surface area contributed by atoms with Crippen LogP contribution in [0.15, 0.2) is 0 Å². The zero-order valence-electron chi connectivity index (χ0n) is 12.4. The van der Waals surface area contributed by atoms with E-state index in [0.29, 0.717) is 5.41 Å². The first-order valence-electron chi connectivity index (χ1n) is 7.63. The van der Waals surface area contributed by atoms with Crippen LogP contribution in [0.4, 0.5) is 0 Å². The van der Waals surface area contributed by atoms with Crippen LogP contribution >= 0.6 is 0 Å². The molecule has 2 rings (SSSR count). The van der Waals surface area contributed by atoms with Gasteiger partial charge in [-0.05, 0) is 42.9 Å². The van der Waals surface area contributed by atoms with Gasteiger partial charge in [0.15, 0.2) is 0 Å². The van der Waals surface area contributed by atoms with Gasteiger partial charge in [-0.3, -0.25) is 0 Å². The van der Waals surface area contributed by atoms with Gasteiger partial charge in [0.05, 0.1) is 0 Å². The highest BCUT2D eigenvalue weighted by atomic mass is 16.5. The predicted molar refractivity (Wildman–Crippen MR) is 75.2 cm³/mol. The summed E-state index contributed by atoms with van der Waals surface area (Å²) in [4.78, 5) is 0. The molecule has 0 radical (unpaired) electrons. The third-order valence-electron chi connectivity index (χ3n) is 4.84. The maximum Gasteiger partial charge on any atom is 0.0468 e. The molecule has 1 saturated carbocycles. The fourth-order valence-corrected chi connectivity index (χ4v) is 2.63. The van der Waals surface area contributed by atoms with Crippen LogP contribution in [0.25, 0.3) is 0 Å². The van der Waals surface area contributed by atoms with Crippen molar-refractivity contribution in [2.45, 2.75) is 72.6 Å². The molecule has 1 saturated heterocycles. The Morgan fingerprint density at radius 1 is 0.941 bits per heavy atom. The van der Waals surface area contributed by atoms with Crippen LogP contribution in [-0.2, 0) is 4.74 Å². The predicted octanol–water partition coefficient (Wildman–Crippen LogP) is 5.05. The lowest BCUT2D eigenvalue weighted by molar-refractivity contribution is 0.0716. The summed E-state index contributed by atoms with van der Waals surface area (Å²) in [6.45, 7) is 11.4. The molecule has 0 aromatic rings. The molecule has 1 nitrogen and oxygen atoms in total. The lowest BCUT2D eigenvalue weighted by atomic mass is 9.71. The molecular weight excluding hydrogens is 208 g/mol. The second kappa shape index (κ2) is 7.41. The Morgan fingerprint density at radius 3 is 1.76 bits per heavy atom. The summed E-state index contributed by atoms with van der Waals surface area (Å²) in [7, 11) is 0. The molecule has 0 unspecified atom stereocenters. The summed E-state index contributed by atoms with van der Waals surface area (Å²) in [5.74, 6) is 1.91. The first kappa shape index (κ1) is 15.0. The summed E-state index contributed by atoms with van der Waals surface area (Å²) < 4.78 is 5.14. The van der Waals surface area contributed by atoms with E-state index in [0.717, 1.165) is 25.0 Å². The maximum absolute atomic E-state index is 5.14. The quantitative estimate of drug-likeness (QED) is 0.623. The molecule has 1 aliphatic heterocycles. The average Bonchev–Trinajstić information content (AvgIpc) is 2.35. The van der Waals surface area contributed by atoms with Gasteiger partial charge in [-0.15, -0.1) is 0 Å². The van der Waals surface area contributed by atoms with Gasteiger partial charge in [-0.2, -0.15) is 0 Å². The van der Waals surface area contributed by atoms with Crippen molar-refractivity contribution in [3.05, 3.63) is 0 Å².